The Kier molecular flexibility index (Phi) is 2.94. The number of halogens is 1. The highest BCUT2D eigenvalue weighted by Gasteiger charge is 2.10. The third kappa shape index (κ3) is 1.85. The Morgan fingerprint density at radius 2 is 1.80 bits per heavy atom. The van der Waals surface area contributed by atoms with Crippen molar-refractivity contribution in [2.24, 2.45) is 0 Å². The van der Waals surface area contributed by atoms with E-state index >= 15 is 0 Å². The Bertz CT molecular complexity index is 479. The standard InChI is InChI=1S/C13H13ClO/c1-2-13(15)11-7-8-12(14)10-6-4-3-5-9(10)11/h3-8,13,15H,2H2,1H3/t13-/m1/s1. The van der Waals surface area contributed by atoms with E-state index in [1.807, 2.05) is 43.3 Å². The largest absolute Gasteiger partial charge is 0.388 e. The molecule has 78 valence electrons. The third-order valence-electron chi connectivity index (χ3n) is 2.65. The predicted octanol–water partition coefficient (Wildman–Crippen LogP) is 3.94. The van der Waals surface area contributed by atoms with Gasteiger partial charge in [0.2, 0.25) is 0 Å². The molecule has 0 radical (unpaired) electrons. The molecule has 2 aromatic rings. The number of fused-ring (bicyclic) bond motifs is 1. The van der Waals surface area contributed by atoms with E-state index in [0.29, 0.717) is 6.42 Å². The highest BCUT2D eigenvalue weighted by Crippen LogP contribution is 2.30. The van der Waals surface area contributed by atoms with Crippen LogP contribution in [0.1, 0.15) is 25.0 Å². The summed E-state index contributed by atoms with van der Waals surface area (Å²) in [4.78, 5) is 0. The maximum Gasteiger partial charge on any atom is 0.0793 e. The summed E-state index contributed by atoms with van der Waals surface area (Å²) in [6, 6.07) is 11.6. The lowest BCUT2D eigenvalue weighted by atomic mass is 9.99. The summed E-state index contributed by atoms with van der Waals surface area (Å²) in [6.07, 6.45) is 0.304. The van der Waals surface area contributed by atoms with Crippen LogP contribution in [0.2, 0.25) is 5.02 Å². The van der Waals surface area contributed by atoms with E-state index in [0.717, 1.165) is 21.4 Å². The van der Waals surface area contributed by atoms with Gasteiger partial charge in [0.25, 0.3) is 0 Å². The average Bonchev–Trinajstić information content (AvgIpc) is 2.29. The smallest absolute Gasteiger partial charge is 0.0793 e. The van der Waals surface area contributed by atoms with E-state index in [1.54, 1.807) is 0 Å². The van der Waals surface area contributed by atoms with E-state index in [9.17, 15) is 5.11 Å². The fourth-order valence-electron chi connectivity index (χ4n) is 1.80. The van der Waals surface area contributed by atoms with Crippen LogP contribution in [0.15, 0.2) is 36.4 Å². The van der Waals surface area contributed by atoms with E-state index in [1.165, 1.54) is 0 Å². The Morgan fingerprint density at radius 1 is 1.13 bits per heavy atom. The first-order valence-electron chi connectivity index (χ1n) is 5.09. The second kappa shape index (κ2) is 4.21. The molecule has 0 aliphatic carbocycles. The zero-order chi connectivity index (χ0) is 10.8. The molecule has 2 aromatic carbocycles. The Balaban J connectivity index is 2.71. The molecular formula is C13H13ClO. The summed E-state index contributed by atoms with van der Waals surface area (Å²) >= 11 is 6.10. The molecular weight excluding hydrogens is 208 g/mol. The number of rotatable bonds is 2. The number of aliphatic hydroxyl groups excluding tert-OH is 1. The van der Waals surface area contributed by atoms with Gasteiger partial charge in [-0.3, -0.25) is 0 Å². The maximum atomic E-state index is 9.88. The van der Waals surface area contributed by atoms with Crippen LogP contribution >= 0.6 is 11.6 Å². The van der Waals surface area contributed by atoms with Gasteiger partial charge in [0, 0.05) is 10.4 Å². The molecule has 0 aliphatic heterocycles. The lowest BCUT2D eigenvalue weighted by Gasteiger charge is -2.12. The molecule has 1 nitrogen and oxygen atoms in total. The molecule has 1 atom stereocenters. The van der Waals surface area contributed by atoms with Gasteiger partial charge in [0.15, 0.2) is 0 Å². The average molecular weight is 221 g/mol. The minimum Gasteiger partial charge on any atom is -0.388 e. The highest BCUT2D eigenvalue weighted by molar-refractivity contribution is 6.35. The molecule has 15 heavy (non-hydrogen) atoms. The summed E-state index contributed by atoms with van der Waals surface area (Å²) in [5.41, 5.74) is 0.956. The topological polar surface area (TPSA) is 20.2 Å². The van der Waals surface area contributed by atoms with Crippen molar-refractivity contribution in [3.8, 4) is 0 Å². The molecule has 0 spiro atoms. The first-order chi connectivity index (χ1) is 7.24. The van der Waals surface area contributed by atoms with Crippen LogP contribution in [-0.4, -0.2) is 5.11 Å². The molecule has 1 N–H and O–H groups in total. The number of aliphatic hydroxyl groups is 1. The Hall–Kier alpha value is -1.05. The summed E-state index contributed by atoms with van der Waals surface area (Å²) in [6.45, 7) is 1.97. The van der Waals surface area contributed by atoms with Crippen LogP contribution in [0.4, 0.5) is 0 Å². The number of benzene rings is 2. The second-order valence-electron chi connectivity index (χ2n) is 3.61. The molecule has 0 amide bonds. The molecule has 2 rings (SSSR count). The molecule has 0 fully saturated rings. The first kappa shape index (κ1) is 10.5. The fourth-order valence-corrected chi connectivity index (χ4v) is 2.02. The van der Waals surface area contributed by atoms with Gasteiger partial charge in [-0.15, -0.1) is 0 Å². The minimum absolute atomic E-state index is 0.410. The predicted molar refractivity (Wildman–Crippen MR) is 64.2 cm³/mol. The minimum atomic E-state index is -0.410. The van der Waals surface area contributed by atoms with E-state index in [4.69, 9.17) is 11.6 Å². The van der Waals surface area contributed by atoms with Crippen LogP contribution in [0, 0.1) is 0 Å². The molecule has 0 saturated carbocycles. The third-order valence-corrected chi connectivity index (χ3v) is 2.98. The number of hydrogen-bond acceptors (Lipinski definition) is 1. The van der Waals surface area contributed by atoms with E-state index in [2.05, 4.69) is 0 Å². The van der Waals surface area contributed by atoms with Gasteiger partial charge < -0.3 is 5.11 Å². The van der Waals surface area contributed by atoms with Crippen LogP contribution in [0.5, 0.6) is 0 Å². The van der Waals surface area contributed by atoms with Crippen molar-refractivity contribution < 1.29 is 5.11 Å². The molecule has 0 bridgehead atoms. The highest BCUT2D eigenvalue weighted by atomic mass is 35.5. The van der Waals surface area contributed by atoms with Gasteiger partial charge >= 0.3 is 0 Å². The van der Waals surface area contributed by atoms with Crippen molar-refractivity contribution in [1.82, 2.24) is 0 Å². The maximum absolute atomic E-state index is 9.88. The van der Waals surface area contributed by atoms with Crippen molar-refractivity contribution >= 4 is 22.4 Å². The Morgan fingerprint density at radius 3 is 2.47 bits per heavy atom. The van der Waals surface area contributed by atoms with Gasteiger partial charge in [-0.25, -0.2) is 0 Å². The van der Waals surface area contributed by atoms with Crippen LogP contribution in [0.25, 0.3) is 10.8 Å². The van der Waals surface area contributed by atoms with Gasteiger partial charge in [-0.2, -0.15) is 0 Å². The lowest BCUT2D eigenvalue weighted by molar-refractivity contribution is 0.175. The van der Waals surface area contributed by atoms with Crippen LogP contribution in [0.3, 0.4) is 0 Å². The van der Waals surface area contributed by atoms with E-state index < -0.39 is 6.10 Å². The van der Waals surface area contributed by atoms with Crippen molar-refractivity contribution in [1.29, 1.82) is 0 Å². The van der Waals surface area contributed by atoms with Crippen molar-refractivity contribution in [3.05, 3.63) is 47.0 Å². The fraction of sp³-hybridized carbons (Fsp3) is 0.231. The zero-order valence-corrected chi connectivity index (χ0v) is 9.33. The molecule has 0 heterocycles. The summed E-state index contributed by atoms with van der Waals surface area (Å²) in [5.74, 6) is 0. The zero-order valence-electron chi connectivity index (χ0n) is 8.57. The monoisotopic (exact) mass is 220 g/mol. The van der Waals surface area contributed by atoms with Gasteiger partial charge in [-0.1, -0.05) is 48.9 Å². The van der Waals surface area contributed by atoms with E-state index in [-0.39, 0.29) is 0 Å². The van der Waals surface area contributed by atoms with Crippen molar-refractivity contribution in [3.63, 3.8) is 0 Å². The van der Waals surface area contributed by atoms with Gasteiger partial charge in [-0.05, 0) is 23.4 Å². The summed E-state index contributed by atoms with van der Waals surface area (Å²) < 4.78 is 0. The summed E-state index contributed by atoms with van der Waals surface area (Å²) in [5, 5.41) is 12.7. The van der Waals surface area contributed by atoms with Gasteiger partial charge in [0.1, 0.15) is 0 Å². The van der Waals surface area contributed by atoms with Gasteiger partial charge in [0.05, 0.1) is 6.10 Å². The molecule has 0 unspecified atom stereocenters. The summed E-state index contributed by atoms with van der Waals surface area (Å²) in [7, 11) is 0. The Labute approximate surface area is 94.3 Å². The number of hydrogen-bond donors (Lipinski definition) is 1. The molecule has 0 aliphatic rings. The lowest BCUT2D eigenvalue weighted by Crippen LogP contribution is -1.96. The van der Waals surface area contributed by atoms with Crippen molar-refractivity contribution in [2.75, 3.05) is 0 Å². The molecule has 0 saturated heterocycles. The first-order valence-corrected chi connectivity index (χ1v) is 5.47. The second-order valence-corrected chi connectivity index (χ2v) is 4.01. The normalized spacial score (nSPS) is 13.0. The quantitative estimate of drug-likeness (QED) is 0.813. The van der Waals surface area contributed by atoms with Crippen molar-refractivity contribution in [2.45, 2.75) is 19.4 Å². The SMILES string of the molecule is CC[C@@H](O)c1ccc(Cl)c2ccccc12. The molecule has 0 aromatic heterocycles. The van der Waals surface area contributed by atoms with Crippen LogP contribution < -0.4 is 0 Å². The molecule has 2 heteroatoms. The van der Waals surface area contributed by atoms with Crippen LogP contribution in [-0.2, 0) is 0 Å².